The van der Waals surface area contributed by atoms with Gasteiger partial charge in [0.2, 0.25) is 0 Å². The number of fused-ring (bicyclic) bond motifs is 1. The third-order valence-corrected chi connectivity index (χ3v) is 3.43. The van der Waals surface area contributed by atoms with Gasteiger partial charge in [-0.25, -0.2) is 4.79 Å². The van der Waals surface area contributed by atoms with Gasteiger partial charge in [-0.15, -0.1) is 0 Å². The number of hydrogen-bond donors (Lipinski definition) is 1. The van der Waals surface area contributed by atoms with Crippen molar-refractivity contribution in [3.8, 4) is 0 Å². The number of carboxylic acids is 1. The van der Waals surface area contributed by atoms with Crippen molar-refractivity contribution in [1.82, 2.24) is 0 Å². The third kappa shape index (κ3) is 1.39. The number of hydrogen-bond acceptors (Lipinski definition) is 1. The highest BCUT2D eigenvalue weighted by atomic mass is 35.5. The Morgan fingerprint density at radius 1 is 1.69 bits per heavy atom. The summed E-state index contributed by atoms with van der Waals surface area (Å²) in [5.74, 6) is 0.994. The van der Waals surface area contributed by atoms with Crippen molar-refractivity contribution < 1.29 is 9.90 Å². The number of rotatable bonds is 2. The number of carbonyl (C=O) groups is 1. The molecule has 0 aromatic rings. The van der Waals surface area contributed by atoms with Gasteiger partial charge in [-0.05, 0) is 29.7 Å². The number of allylic oxidation sites excluding steroid dienone is 3. The van der Waals surface area contributed by atoms with Crippen LogP contribution in [0.1, 0.15) is 13.3 Å². The summed E-state index contributed by atoms with van der Waals surface area (Å²) in [7, 11) is 0. The van der Waals surface area contributed by atoms with E-state index in [1.54, 1.807) is 6.08 Å². The zero-order valence-corrected chi connectivity index (χ0v) is 8.08. The molecule has 2 aliphatic rings. The summed E-state index contributed by atoms with van der Waals surface area (Å²) in [5.41, 5.74) is 1.04. The predicted molar refractivity (Wildman–Crippen MR) is 50.4 cm³/mol. The van der Waals surface area contributed by atoms with Crippen LogP contribution >= 0.6 is 11.6 Å². The normalized spacial score (nSPS) is 36.9. The van der Waals surface area contributed by atoms with E-state index >= 15 is 0 Å². The summed E-state index contributed by atoms with van der Waals surface area (Å²) in [6.07, 6.45) is 3.76. The lowest BCUT2D eigenvalue weighted by molar-refractivity contribution is -0.131. The molecule has 1 saturated carbocycles. The highest BCUT2D eigenvalue weighted by molar-refractivity contribution is 6.30. The fourth-order valence-corrected chi connectivity index (χ4v) is 2.61. The Bertz CT molecular complexity index is 317. The van der Waals surface area contributed by atoms with Gasteiger partial charge in [-0.1, -0.05) is 24.6 Å². The molecule has 0 aromatic carbocycles. The Morgan fingerprint density at radius 3 is 2.92 bits per heavy atom. The fourth-order valence-electron chi connectivity index (χ4n) is 2.24. The summed E-state index contributed by atoms with van der Waals surface area (Å²) in [4.78, 5) is 10.3. The first-order chi connectivity index (χ1) is 6.11. The molecule has 0 amide bonds. The monoisotopic (exact) mass is 198 g/mol. The van der Waals surface area contributed by atoms with E-state index < -0.39 is 5.97 Å². The molecule has 0 saturated heterocycles. The molecule has 3 heteroatoms. The molecule has 2 aliphatic carbocycles. The molecule has 0 spiro atoms. The number of halogens is 1. The second kappa shape index (κ2) is 2.88. The zero-order chi connectivity index (χ0) is 9.59. The van der Waals surface area contributed by atoms with E-state index in [0.717, 1.165) is 17.0 Å². The van der Waals surface area contributed by atoms with Crippen molar-refractivity contribution in [3.63, 3.8) is 0 Å². The maximum absolute atomic E-state index is 10.3. The molecule has 3 atom stereocenters. The van der Waals surface area contributed by atoms with Gasteiger partial charge in [0.1, 0.15) is 0 Å². The second-order valence-electron chi connectivity index (χ2n) is 3.78. The molecule has 1 fully saturated rings. The van der Waals surface area contributed by atoms with Crippen LogP contribution in [-0.2, 0) is 4.79 Å². The first-order valence-corrected chi connectivity index (χ1v) is 4.78. The van der Waals surface area contributed by atoms with Crippen LogP contribution in [0.5, 0.6) is 0 Å². The van der Waals surface area contributed by atoms with Gasteiger partial charge < -0.3 is 5.11 Å². The molecule has 0 aliphatic heterocycles. The van der Waals surface area contributed by atoms with Gasteiger partial charge in [0.15, 0.2) is 0 Å². The standard InChI is InChI=1S/C10H11ClO2/c1-5-7-4-8(11)6(10(5)7)2-3-9(12)13/h2-3,5,7,10H,4H2,1H3,(H,12,13)/b3-2+/t5-,7+,10+/m0/s1. The second-order valence-corrected chi connectivity index (χ2v) is 4.24. The summed E-state index contributed by atoms with van der Waals surface area (Å²) in [6.45, 7) is 2.19. The topological polar surface area (TPSA) is 37.3 Å². The van der Waals surface area contributed by atoms with Gasteiger partial charge in [0.25, 0.3) is 0 Å². The van der Waals surface area contributed by atoms with E-state index in [1.807, 2.05) is 0 Å². The lowest BCUT2D eigenvalue weighted by atomic mass is 10.1. The van der Waals surface area contributed by atoms with Gasteiger partial charge >= 0.3 is 5.97 Å². The van der Waals surface area contributed by atoms with Crippen molar-refractivity contribution >= 4 is 17.6 Å². The van der Waals surface area contributed by atoms with E-state index in [-0.39, 0.29) is 0 Å². The average Bonchev–Trinajstić information content (AvgIpc) is 2.56. The van der Waals surface area contributed by atoms with Gasteiger partial charge in [0.05, 0.1) is 0 Å². The van der Waals surface area contributed by atoms with Crippen LogP contribution in [0.15, 0.2) is 22.8 Å². The smallest absolute Gasteiger partial charge is 0.328 e. The highest BCUT2D eigenvalue weighted by Crippen LogP contribution is 2.60. The first kappa shape index (κ1) is 8.82. The Morgan fingerprint density at radius 2 is 2.38 bits per heavy atom. The SMILES string of the molecule is C[C@H]1[C@H]2CC(Cl)=C(/C=C/C(=O)O)[C@@H]12. The molecule has 1 N–H and O–H groups in total. The summed E-state index contributed by atoms with van der Waals surface area (Å²) >= 11 is 5.99. The van der Waals surface area contributed by atoms with Crippen LogP contribution in [0.3, 0.4) is 0 Å². The number of aliphatic carboxylic acids is 1. The minimum absolute atomic E-state index is 0.531. The molecule has 2 rings (SSSR count). The lowest BCUT2D eigenvalue weighted by Crippen LogP contribution is -1.90. The number of carboxylic acid groups (broad SMARTS) is 1. The van der Waals surface area contributed by atoms with Gasteiger partial charge in [-0.2, -0.15) is 0 Å². The Hall–Kier alpha value is -0.760. The molecule has 0 aromatic heterocycles. The minimum atomic E-state index is -0.909. The Labute approximate surface area is 81.9 Å². The average molecular weight is 199 g/mol. The largest absolute Gasteiger partial charge is 0.478 e. The summed E-state index contributed by atoms with van der Waals surface area (Å²) in [5, 5.41) is 9.33. The maximum Gasteiger partial charge on any atom is 0.328 e. The molecule has 0 heterocycles. The van der Waals surface area contributed by atoms with E-state index in [9.17, 15) is 4.79 Å². The quantitative estimate of drug-likeness (QED) is 0.692. The zero-order valence-electron chi connectivity index (χ0n) is 7.33. The molecule has 0 bridgehead atoms. The van der Waals surface area contributed by atoms with Crippen LogP contribution in [0.25, 0.3) is 0 Å². The summed E-state index contributed by atoms with van der Waals surface area (Å²) in [6, 6.07) is 0. The van der Waals surface area contributed by atoms with Crippen LogP contribution < -0.4 is 0 Å². The van der Waals surface area contributed by atoms with Gasteiger partial charge in [-0.3, -0.25) is 0 Å². The minimum Gasteiger partial charge on any atom is -0.478 e. The van der Waals surface area contributed by atoms with E-state index in [2.05, 4.69) is 6.92 Å². The van der Waals surface area contributed by atoms with Crippen molar-refractivity contribution in [3.05, 3.63) is 22.8 Å². The maximum atomic E-state index is 10.3. The van der Waals surface area contributed by atoms with Crippen molar-refractivity contribution in [1.29, 1.82) is 0 Å². The molecular formula is C10H11ClO2. The molecule has 13 heavy (non-hydrogen) atoms. The van der Waals surface area contributed by atoms with Crippen LogP contribution in [-0.4, -0.2) is 11.1 Å². The van der Waals surface area contributed by atoms with E-state index in [1.165, 1.54) is 6.08 Å². The van der Waals surface area contributed by atoms with Crippen molar-refractivity contribution in [2.24, 2.45) is 17.8 Å². The molecule has 70 valence electrons. The predicted octanol–water partition coefficient (Wildman–Crippen LogP) is 2.41. The Balaban J connectivity index is 2.14. The van der Waals surface area contributed by atoms with Gasteiger partial charge in [0, 0.05) is 11.1 Å². The van der Waals surface area contributed by atoms with E-state index in [4.69, 9.17) is 16.7 Å². The third-order valence-electron chi connectivity index (χ3n) is 3.05. The fraction of sp³-hybridized carbons (Fsp3) is 0.500. The van der Waals surface area contributed by atoms with Crippen LogP contribution in [0.2, 0.25) is 0 Å². The van der Waals surface area contributed by atoms with Crippen molar-refractivity contribution in [2.45, 2.75) is 13.3 Å². The van der Waals surface area contributed by atoms with Crippen molar-refractivity contribution in [2.75, 3.05) is 0 Å². The van der Waals surface area contributed by atoms with Crippen LogP contribution in [0, 0.1) is 17.8 Å². The Kier molecular flexibility index (Phi) is 1.95. The lowest BCUT2D eigenvalue weighted by Gasteiger charge is -1.99. The summed E-state index contributed by atoms with van der Waals surface area (Å²) < 4.78 is 0. The molecule has 0 radical (unpaired) electrons. The molecular weight excluding hydrogens is 188 g/mol. The molecule has 2 nitrogen and oxygen atoms in total. The first-order valence-electron chi connectivity index (χ1n) is 4.41. The molecule has 0 unspecified atom stereocenters. The van der Waals surface area contributed by atoms with E-state index in [0.29, 0.717) is 17.8 Å². The highest BCUT2D eigenvalue weighted by Gasteiger charge is 2.52. The van der Waals surface area contributed by atoms with Crippen LogP contribution in [0.4, 0.5) is 0 Å².